The molecule has 2 rings (SSSR count). The Kier molecular flexibility index (Phi) is 2.33. The van der Waals surface area contributed by atoms with Crippen LogP contribution in [-0.4, -0.2) is 16.3 Å². The number of hydrogen-bond acceptors (Lipinski definition) is 2. The van der Waals surface area contributed by atoms with Crippen LogP contribution in [0.1, 0.15) is 10.4 Å². The first-order valence-electron chi connectivity index (χ1n) is 4.05. The molecule has 3 nitrogen and oxygen atoms in total. The fourth-order valence-corrected chi connectivity index (χ4v) is 1.46. The lowest BCUT2D eigenvalue weighted by molar-refractivity contribution is 0.112. The molecule has 0 saturated heterocycles. The molecule has 1 aromatic heterocycles. The number of benzene rings is 1. The van der Waals surface area contributed by atoms with Gasteiger partial charge in [-0.15, -0.1) is 0 Å². The predicted molar refractivity (Wildman–Crippen MR) is 54.4 cm³/mol. The van der Waals surface area contributed by atoms with Crippen LogP contribution in [0.5, 0.6) is 0 Å². The van der Waals surface area contributed by atoms with E-state index in [4.69, 9.17) is 11.6 Å². The lowest BCUT2D eigenvalue weighted by atomic mass is 10.1. The van der Waals surface area contributed by atoms with Gasteiger partial charge >= 0.3 is 0 Å². The summed E-state index contributed by atoms with van der Waals surface area (Å²) in [6.07, 6.45) is 4.01. The molecule has 2 aromatic rings. The number of nitrogens with one attached hydrogen (secondary N) is 1. The highest BCUT2D eigenvalue weighted by atomic mass is 35.5. The Balaban J connectivity index is 2.58. The number of aldehydes is 1. The molecule has 0 unspecified atom stereocenters. The van der Waals surface area contributed by atoms with E-state index >= 15 is 0 Å². The second kappa shape index (κ2) is 3.64. The van der Waals surface area contributed by atoms with Gasteiger partial charge < -0.3 is 4.98 Å². The van der Waals surface area contributed by atoms with Gasteiger partial charge in [0.15, 0.2) is 6.29 Å². The molecule has 0 aliphatic heterocycles. The maximum absolute atomic E-state index is 10.8. The molecule has 0 bridgehead atoms. The molecule has 0 saturated carbocycles. The summed E-state index contributed by atoms with van der Waals surface area (Å²) < 4.78 is 0. The van der Waals surface area contributed by atoms with Crippen molar-refractivity contribution in [3.63, 3.8) is 0 Å². The van der Waals surface area contributed by atoms with Crippen LogP contribution in [0.15, 0.2) is 30.7 Å². The number of H-pyrrole nitrogens is 1. The third-order valence-electron chi connectivity index (χ3n) is 1.93. The van der Waals surface area contributed by atoms with E-state index in [0.717, 1.165) is 17.5 Å². The van der Waals surface area contributed by atoms with Gasteiger partial charge in [-0.25, -0.2) is 4.98 Å². The second-order valence-corrected chi connectivity index (χ2v) is 3.25. The van der Waals surface area contributed by atoms with Gasteiger partial charge in [-0.1, -0.05) is 17.7 Å². The molecule has 14 heavy (non-hydrogen) atoms. The van der Waals surface area contributed by atoms with Gasteiger partial charge in [-0.05, 0) is 12.1 Å². The van der Waals surface area contributed by atoms with Crippen molar-refractivity contribution in [1.82, 2.24) is 9.97 Å². The van der Waals surface area contributed by atoms with Crippen LogP contribution in [-0.2, 0) is 0 Å². The van der Waals surface area contributed by atoms with Crippen molar-refractivity contribution in [3.05, 3.63) is 41.3 Å². The molecule has 0 aliphatic rings. The van der Waals surface area contributed by atoms with Crippen molar-refractivity contribution in [3.8, 4) is 11.3 Å². The molecule has 1 heterocycles. The van der Waals surface area contributed by atoms with Gasteiger partial charge in [0.2, 0.25) is 0 Å². The predicted octanol–water partition coefficient (Wildman–Crippen LogP) is 2.54. The first-order chi connectivity index (χ1) is 6.81. The van der Waals surface area contributed by atoms with Crippen LogP contribution in [0, 0.1) is 0 Å². The Morgan fingerprint density at radius 3 is 2.93 bits per heavy atom. The van der Waals surface area contributed by atoms with Crippen LogP contribution < -0.4 is 0 Å². The summed E-state index contributed by atoms with van der Waals surface area (Å²) in [5, 5.41) is 0.551. The summed E-state index contributed by atoms with van der Waals surface area (Å²) in [7, 11) is 0. The van der Waals surface area contributed by atoms with Gasteiger partial charge in [-0.3, -0.25) is 4.79 Å². The smallest absolute Gasteiger partial charge is 0.150 e. The highest BCUT2D eigenvalue weighted by molar-refractivity contribution is 6.31. The van der Waals surface area contributed by atoms with Gasteiger partial charge in [0, 0.05) is 16.1 Å². The molecule has 1 aromatic carbocycles. The fourth-order valence-electron chi connectivity index (χ4n) is 1.28. The van der Waals surface area contributed by atoms with Crippen LogP contribution >= 0.6 is 11.6 Å². The lowest BCUT2D eigenvalue weighted by Crippen LogP contribution is -1.87. The molecule has 0 spiro atoms. The first kappa shape index (κ1) is 8.97. The number of hydrogen-bond donors (Lipinski definition) is 1. The maximum atomic E-state index is 10.8. The Labute approximate surface area is 85.7 Å². The number of carbonyl (C=O) groups is 1. The average molecular weight is 207 g/mol. The number of aromatic amines is 1. The summed E-state index contributed by atoms with van der Waals surface area (Å²) in [6.45, 7) is 0. The first-order valence-corrected chi connectivity index (χ1v) is 4.42. The van der Waals surface area contributed by atoms with E-state index in [0.29, 0.717) is 10.6 Å². The van der Waals surface area contributed by atoms with Crippen molar-refractivity contribution < 1.29 is 4.79 Å². The summed E-state index contributed by atoms with van der Waals surface area (Å²) >= 11 is 5.77. The number of nitrogens with zero attached hydrogens (tertiary/aromatic N) is 1. The van der Waals surface area contributed by atoms with Crippen molar-refractivity contribution in [2.75, 3.05) is 0 Å². The van der Waals surface area contributed by atoms with Crippen LogP contribution in [0.3, 0.4) is 0 Å². The van der Waals surface area contributed by atoms with E-state index in [9.17, 15) is 4.79 Å². The molecule has 4 heteroatoms. The topological polar surface area (TPSA) is 45.8 Å². The molecular formula is C10H7ClN2O. The molecule has 1 N–H and O–H groups in total. The Morgan fingerprint density at radius 2 is 2.29 bits per heavy atom. The SMILES string of the molecule is O=Cc1cc(Cl)ccc1-c1cnc[nH]1. The molecule has 0 radical (unpaired) electrons. The van der Waals surface area contributed by atoms with E-state index in [-0.39, 0.29) is 0 Å². The second-order valence-electron chi connectivity index (χ2n) is 2.81. The summed E-state index contributed by atoms with van der Waals surface area (Å²) in [6, 6.07) is 5.16. The standard InChI is InChI=1S/C10H7ClN2O/c11-8-1-2-9(7(3-8)5-14)10-4-12-6-13-10/h1-6H,(H,12,13). The number of rotatable bonds is 2. The largest absolute Gasteiger partial charge is 0.345 e. The maximum Gasteiger partial charge on any atom is 0.150 e. The molecule has 0 fully saturated rings. The van der Waals surface area contributed by atoms with E-state index in [1.165, 1.54) is 0 Å². The van der Waals surface area contributed by atoms with Crippen molar-refractivity contribution in [2.45, 2.75) is 0 Å². The third kappa shape index (κ3) is 1.54. The highest BCUT2D eigenvalue weighted by Gasteiger charge is 2.05. The van der Waals surface area contributed by atoms with Crippen molar-refractivity contribution >= 4 is 17.9 Å². The van der Waals surface area contributed by atoms with E-state index in [1.807, 2.05) is 0 Å². The Morgan fingerprint density at radius 1 is 1.43 bits per heavy atom. The zero-order valence-corrected chi connectivity index (χ0v) is 7.95. The Bertz CT molecular complexity index is 451. The van der Waals surface area contributed by atoms with Gasteiger partial charge in [0.1, 0.15) is 0 Å². The lowest BCUT2D eigenvalue weighted by Gasteiger charge is -2.01. The van der Waals surface area contributed by atoms with Crippen LogP contribution in [0.2, 0.25) is 5.02 Å². The van der Waals surface area contributed by atoms with E-state index < -0.39 is 0 Å². The average Bonchev–Trinajstić information content (AvgIpc) is 2.70. The molecule has 0 atom stereocenters. The fraction of sp³-hybridized carbons (Fsp3) is 0. The minimum absolute atomic E-state index is 0.551. The van der Waals surface area contributed by atoms with Crippen molar-refractivity contribution in [2.24, 2.45) is 0 Å². The van der Waals surface area contributed by atoms with Gasteiger partial charge in [-0.2, -0.15) is 0 Å². The van der Waals surface area contributed by atoms with E-state index in [1.54, 1.807) is 30.7 Å². The minimum atomic E-state index is 0.551. The zero-order chi connectivity index (χ0) is 9.97. The molecule has 70 valence electrons. The molecular weight excluding hydrogens is 200 g/mol. The minimum Gasteiger partial charge on any atom is -0.345 e. The van der Waals surface area contributed by atoms with Crippen molar-refractivity contribution in [1.29, 1.82) is 0 Å². The van der Waals surface area contributed by atoms with Crippen LogP contribution in [0.4, 0.5) is 0 Å². The monoisotopic (exact) mass is 206 g/mol. The van der Waals surface area contributed by atoms with Gasteiger partial charge in [0.25, 0.3) is 0 Å². The highest BCUT2D eigenvalue weighted by Crippen LogP contribution is 2.23. The molecule has 0 aliphatic carbocycles. The summed E-state index contributed by atoms with van der Waals surface area (Å²) in [4.78, 5) is 17.6. The summed E-state index contributed by atoms with van der Waals surface area (Å²) in [5.41, 5.74) is 2.17. The quantitative estimate of drug-likeness (QED) is 0.768. The number of imidazole rings is 1. The zero-order valence-electron chi connectivity index (χ0n) is 7.20. The Hall–Kier alpha value is -1.61. The molecule has 0 amide bonds. The number of aromatic nitrogens is 2. The normalized spacial score (nSPS) is 10.1. The number of halogens is 1. The van der Waals surface area contributed by atoms with E-state index in [2.05, 4.69) is 9.97 Å². The summed E-state index contributed by atoms with van der Waals surface area (Å²) in [5.74, 6) is 0. The van der Waals surface area contributed by atoms with Gasteiger partial charge in [0.05, 0.1) is 18.2 Å². The third-order valence-corrected chi connectivity index (χ3v) is 2.16. The van der Waals surface area contributed by atoms with Crippen LogP contribution in [0.25, 0.3) is 11.3 Å². The number of carbonyl (C=O) groups excluding carboxylic acids is 1.